The van der Waals surface area contributed by atoms with Crippen molar-refractivity contribution >= 4 is 5.91 Å². The zero-order valence-corrected chi connectivity index (χ0v) is 16.0. The molecule has 0 bridgehead atoms. The number of allylic oxidation sites excluding steroid dienone is 1. The minimum atomic E-state index is -0.499. The summed E-state index contributed by atoms with van der Waals surface area (Å²) in [4.78, 5) is 14.7. The number of amides is 1. The molecule has 1 aromatic rings. The van der Waals surface area contributed by atoms with E-state index in [1.54, 1.807) is 4.90 Å². The van der Waals surface area contributed by atoms with E-state index in [-0.39, 0.29) is 18.4 Å². The number of morpholine rings is 1. The van der Waals surface area contributed by atoms with Crippen molar-refractivity contribution in [3.8, 4) is 12.3 Å². The highest BCUT2D eigenvalue weighted by molar-refractivity contribution is 5.91. The van der Waals surface area contributed by atoms with Gasteiger partial charge in [0.25, 0.3) is 5.91 Å². The number of nitrogens with zero attached hydrogens (tertiary/aromatic N) is 1. The van der Waals surface area contributed by atoms with Gasteiger partial charge in [-0.25, -0.2) is 0 Å². The van der Waals surface area contributed by atoms with E-state index in [1.807, 2.05) is 30.3 Å². The lowest BCUT2D eigenvalue weighted by atomic mass is 9.92. The molecule has 28 heavy (non-hydrogen) atoms. The van der Waals surface area contributed by atoms with Crippen molar-refractivity contribution in [2.24, 2.45) is 0 Å². The van der Waals surface area contributed by atoms with Gasteiger partial charge in [0.1, 0.15) is 0 Å². The third kappa shape index (κ3) is 5.35. The van der Waals surface area contributed by atoms with Gasteiger partial charge in [-0.05, 0) is 36.6 Å². The van der Waals surface area contributed by atoms with Crippen molar-refractivity contribution in [1.29, 1.82) is 0 Å². The second kappa shape index (κ2) is 10.3. The first-order chi connectivity index (χ1) is 13.7. The quantitative estimate of drug-likeness (QED) is 0.575. The molecule has 1 aromatic carbocycles. The molecule has 1 saturated heterocycles. The highest BCUT2D eigenvalue weighted by Crippen LogP contribution is 2.32. The summed E-state index contributed by atoms with van der Waals surface area (Å²) < 4.78 is 17.1. The molecule has 2 atom stereocenters. The number of unbranched alkanes of at least 4 members (excludes halogenated alkanes) is 1. The van der Waals surface area contributed by atoms with Gasteiger partial charge in [0, 0.05) is 37.6 Å². The van der Waals surface area contributed by atoms with Crippen LogP contribution in [0.5, 0.6) is 0 Å². The van der Waals surface area contributed by atoms with Gasteiger partial charge in [-0.2, -0.15) is 0 Å². The minimum Gasteiger partial charge on any atom is -0.459 e. The van der Waals surface area contributed by atoms with E-state index < -0.39 is 6.29 Å². The summed E-state index contributed by atoms with van der Waals surface area (Å²) in [7, 11) is 0. The fourth-order valence-corrected chi connectivity index (χ4v) is 3.32. The van der Waals surface area contributed by atoms with Crippen LogP contribution in [0.15, 0.2) is 36.1 Å². The maximum atomic E-state index is 12.9. The molecule has 0 radical (unpaired) electrons. The number of hydrogen-bond acceptors (Lipinski definition) is 5. The fourth-order valence-electron chi connectivity index (χ4n) is 3.32. The van der Waals surface area contributed by atoms with Crippen LogP contribution < -0.4 is 0 Å². The van der Waals surface area contributed by atoms with E-state index >= 15 is 0 Å². The molecule has 150 valence electrons. The Morgan fingerprint density at radius 1 is 1.25 bits per heavy atom. The lowest BCUT2D eigenvalue weighted by Gasteiger charge is -2.33. The van der Waals surface area contributed by atoms with Gasteiger partial charge in [-0.1, -0.05) is 18.1 Å². The first-order valence-corrected chi connectivity index (χ1v) is 9.76. The molecular weight excluding hydrogens is 358 g/mol. The molecule has 1 amide bonds. The van der Waals surface area contributed by atoms with Crippen LogP contribution in [0.2, 0.25) is 0 Å². The van der Waals surface area contributed by atoms with E-state index in [2.05, 4.69) is 5.92 Å². The molecule has 0 aliphatic carbocycles. The summed E-state index contributed by atoms with van der Waals surface area (Å²) in [5, 5.41) is 8.93. The van der Waals surface area contributed by atoms with E-state index in [4.69, 9.17) is 25.7 Å². The zero-order chi connectivity index (χ0) is 19.8. The molecule has 0 unspecified atom stereocenters. The van der Waals surface area contributed by atoms with Crippen molar-refractivity contribution in [2.75, 3.05) is 39.5 Å². The van der Waals surface area contributed by atoms with Crippen LogP contribution >= 0.6 is 0 Å². The Balaban J connectivity index is 1.75. The molecule has 1 N–H and O–H groups in total. The van der Waals surface area contributed by atoms with Crippen LogP contribution in [-0.4, -0.2) is 61.7 Å². The maximum absolute atomic E-state index is 12.9. The van der Waals surface area contributed by atoms with Crippen molar-refractivity contribution in [1.82, 2.24) is 4.90 Å². The van der Waals surface area contributed by atoms with Crippen LogP contribution in [0.3, 0.4) is 0 Å². The standard InChI is InChI=1S/C22H27NO5/c1-2-17-5-7-18(8-6-17)19-15-20(22(25)23-9-13-26-14-10-23)28-21(16-19)27-12-4-3-11-24/h1,5-8,15,19,21,24H,3-4,9-14,16H2/t19-,21+/m1/s1. The molecule has 0 saturated carbocycles. The third-order valence-electron chi connectivity index (χ3n) is 4.93. The Morgan fingerprint density at radius 3 is 2.68 bits per heavy atom. The van der Waals surface area contributed by atoms with E-state index in [0.717, 1.165) is 17.5 Å². The summed E-state index contributed by atoms with van der Waals surface area (Å²) >= 11 is 0. The number of benzene rings is 1. The number of terminal acetylenes is 1. The SMILES string of the molecule is C#Cc1ccc([C@@H]2C=C(C(=O)N3CCOCC3)O[C@H](OCCCCO)C2)cc1. The van der Waals surface area contributed by atoms with E-state index in [9.17, 15) is 4.79 Å². The van der Waals surface area contributed by atoms with Gasteiger partial charge in [0.15, 0.2) is 5.76 Å². The predicted molar refractivity (Wildman–Crippen MR) is 104 cm³/mol. The lowest BCUT2D eigenvalue weighted by Crippen LogP contribution is -2.43. The van der Waals surface area contributed by atoms with Crippen molar-refractivity contribution < 1.29 is 24.1 Å². The molecular formula is C22H27NO5. The number of ether oxygens (including phenoxy) is 3. The van der Waals surface area contributed by atoms with Gasteiger partial charge in [0.2, 0.25) is 6.29 Å². The van der Waals surface area contributed by atoms with Gasteiger partial charge in [-0.15, -0.1) is 6.42 Å². The fraction of sp³-hybridized carbons (Fsp3) is 0.500. The van der Waals surface area contributed by atoms with Gasteiger partial charge >= 0.3 is 0 Å². The van der Waals surface area contributed by atoms with Crippen LogP contribution in [0.25, 0.3) is 0 Å². The Hall–Kier alpha value is -2.33. The average molecular weight is 385 g/mol. The number of rotatable bonds is 7. The summed E-state index contributed by atoms with van der Waals surface area (Å²) in [5.74, 6) is 2.82. The monoisotopic (exact) mass is 385 g/mol. The molecule has 0 aromatic heterocycles. The number of carbonyl (C=O) groups is 1. The largest absolute Gasteiger partial charge is 0.459 e. The highest BCUT2D eigenvalue weighted by Gasteiger charge is 2.31. The molecule has 2 aliphatic heterocycles. The Bertz CT molecular complexity index is 715. The lowest BCUT2D eigenvalue weighted by molar-refractivity contribution is -0.155. The van der Waals surface area contributed by atoms with E-state index in [0.29, 0.717) is 51.5 Å². The average Bonchev–Trinajstić information content (AvgIpc) is 2.76. The molecule has 6 heteroatoms. The summed E-state index contributed by atoms with van der Waals surface area (Å²) in [6.45, 7) is 2.81. The number of carbonyl (C=O) groups excluding carboxylic acids is 1. The van der Waals surface area contributed by atoms with Gasteiger partial charge in [-0.3, -0.25) is 4.79 Å². The van der Waals surface area contributed by atoms with Crippen LogP contribution in [-0.2, 0) is 19.0 Å². The molecule has 2 aliphatic rings. The Morgan fingerprint density at radius 2 is 2.00 bits per heavy atom. The normalized spacial score (nSPS) is 22.1. The van der Waals surface area contributed by atoms with E-state index in [1.165, 1.54) is 0 Å². The predicted octanol–water partition coefficient (Wildman–Crippen LogP) is 2.03. The summed E-state index contributed by atoms with van der Waals surface area (Å²) in [6, 6.07) is 7.78. The molecule has 0 spiro atoms. The van der Waals surface area contributed by atoms with Gasteiger partial charge in [0.05, 0.1) is 19.8 Å². The second-order valence-electron chi connectivity index (χ2n) is 6.89. The second-order valence-corrected chi connectivity index (χ2v) is 6.89. The summed E-state index contributed by atoms with van der Waals surface area (Å²) in [5.41, 5.74) is 1.89. The highest BCUT2D eigenvalue weighted by atomic mass is 16.7. The summed E-state index contributed by atoms with van der Waals surface area (Å²) in [6.07, 6.45) is 8.87. The Labute approximate surface area is 166 Å². The number of aliphatic hydroxyl groups is 1. The topological polar surface area (TPSA) is 68.2 Å². The van der Waals surface area contributed by atoms with Crippen molar-refractivity contribution in [3.63, 3.8) is 0 Å². The molecule has 1 fully saturated rings. The van der Waals surface area contributed by atoms with Crippen LogP contribution in [0, 0.1) is 12.3 Å². The Kier molecular flexibility index (Phi) is 7.49. The minimum absolute atomic E-state index is 0.00315. The van der Waals surface area contributed by atoms with Crippen molar-refractivity contribution in [2.45, 2.75) is 31.5 Å². The van der Waals surface area contributed by atoms with Gasteiger partial charge < -0.3 is 24.2 Å². The van der Waals surface area contributed by atoms with Crippen LogP contribution in [0.1, 0.15) is 36.3 Å². The molecule has 2 heterocycles. The maximum Gasteiger partial charge on any atom is 0.288 e. The zero-order valence-electron chi connectivity index (χ0n) is 16.0. The first kappa shape index (κ1) is 20.4. The molecule has 6 nitrogen and oxygen atoms in total. The number of aliphatic hydroxyl groups excluding tert-OH is 1. The molecule has 3 rings (SSSR count). The number of hydrogen-bond donors (Lipinski definition) is 1. The van der Waals surface area contributed by atoms with Crippen molar-refractivity contribution in [3.05, 3.63) is 47.2 Å². The van der Waals surface area contributed by atoms with Crippen LogP contribution in [0.4, 0.5) is 0 Å². The third-order valence-corrected chi connectivity index (χ3v) is 4.93. The smallest absolute Gasteiger partial charge is 0.288 e. The first-order valence-electron chi connectivity index (χ1n) is 9.76.